The zero-order valence-corrected chi connectivity index (χ0v) is 18.5. The molecule has 3 heterocycles. The third kappa shape index (κ3) is 5.04. The minimum absolute atomic E-state index is 0.114. The Balaban J connectivity index is 1.38. The van der Waals surface area contributed by atoms with Gasteiger partial charge in [0.1, 0.15) is 23.4 Å². The number of nitrogens with one attached hydrogen (secondary N) is 2. The van der Waals surface area contributed by atoms with Crippen molar-refractivity contribution in [2.24, 2.45) is 0 Å². The summed E-state index contributed by atoms with van der Waals surface area (Å²) in [7, 11) is 0. The summed E-state index contributed by atoms with van der Waals surface area (Å²) in [6, 6.07) is 11.2. The lowest BCUT2D eigenvalue weighted by atomic mass is 10.1. The summed E-state index contributed by atoms with van der Waals surface area (Å²) in [5.74, 6) is 0.737. The van der Waals surface area contributed by atoms with Crippen LogP contribution in [-0.2, 0) is 11.2 Å². The predicted molar refractivity (Wildman–Crippen MR) is 124 cm³/mol. The molecule has 1 atom stereocenters. The van der Waals surface area contributed by atoms with E-state index >= 15 is 0 Å². The van der Waals surface area contributed by atoms with Crippen molar-refractivity contribution in [2.75, 3.05) is 19.8 Å². The smallest absolute Gasteiger partial charge is 0.251 e. The van der Waals surface area contributed by atoms with Crippen molar-refractivity contribution < 1.29 is 18.7 Å². The molecular weight excluding hydrogens is 437 g/mol. The molecule has 2 aromatic carbocycles. The fraction of sp³-hybridized carbons (Fsp3) is 0.280. The standard InChI is InChI=1S/C25H24FN5O3/c26-18-6-3-16(4-7-18)23-25(34-19-9-13-33-15-19)31-20-8-5-17(14-21(20)30-23)24(32)29-10-1-2-22-27-11-12-28-22/h3-8,11-12,14,19H,1-2,9-10,13,15H2,(H,27,28)(H,29,32). The first-order chi connectivity index (χ1) is 16.7. The van der Waals surface area contributed by atoms with Crippen LogP contribution in [0, 0.1) is 5.82 Å². The number of carbonyl (C=O) groups excluding carboxylic acids is 1. The zero-order chi connectivity index (χ0) is 23.3. The van der Waals surface area contributed by atoms with Crippen molar-refractivity contribution in [1.29, 1.82) is 0 Å². The van der Waals surface area contributed by atoms with Crippen LogP contribution in [-0.4, -0.2) is 51.7 Å². The number of ether oxygens (including phenoxy) is 2. The van der Waals surface area contributed by atoms with Crippen LogP contribution in [0.15, 0.2) is 54.9 Å². The molecule has 0 saturated carbocycles. The van der Waals surface area contributed by atoms with Gasteiger partial charge in [-0.25, -0.2) is 19.3 Å². The highest BCUT2D eigenvalue weighted by Crippen LogP contribution is 2.31. The van der Waals surface area contributed by atoms with Gasteiger partial charge in [-0.05, 0) is 48.9 Å². The molecule has 8 nitrogen and oxygen atoms in total. The highest BCUT2D eigenvalue weighted by atomic mass is 19.1. The first-order valence-corrected chi connectivity index (χ1v) is 11.2. The lowest BCUT2D eigenvalue weighted by Crippen LogP contribution is -2.24. The summed E-state index contributed by atoms with van der Waals surface area (Å²) < 4.78 is 25.0. The highest BCUT2D eigenvalue weighted by Gasteiger charge is 2.22. The third-order valence-corrected chi connectivity index (χ3v) is 5.61. The topological polar surface area (TPSA) is 102 Å². The Labute approximate surface area is 195 Å². The molecular formula is C25H24FN5O3. The van der Waals surface area contributed by atoms with Crippen molar-refractivity contribution in [2.45, 2.75) is 25.4 Å². The molecule has 174 valence electrons. The van der Waals surface area contributed by atoms with Crippen molar-refractivity contribution >= 4 is 16.9 Å². The number of benzene rings is 2. The lowest BCUT2D eigenvalue weighted by molar-refractivity contribution is 0.0953. The Kier molecular flexibility index (Phi) is 6.44. The van der Waals surface area contributed by atoms with Gasteiger partial charge in [0.25, 0.3) is 5.91 Å². The first kappa shape index (κ1) is 22.0. The first-order valence-electron chi connectivity index (χ1n) is 11.2. The maximum atomic E-state index is 13.5. The number of aromatic nitrogens is 4. The van der Waals surface area contributed by atoms with Gasteiger partial charge >= 0.3 is 0 Å². The molecule has 2 N–H and O–H groups in total. The van der Waals surface area contributed by atoms with Crippen molar-refractivity contribution in [3.05, 3.63) is 72.1 Å². The van der Waals surface area contributed by atoms with Crippen LogP contribution >= 0.6 is 0 Å². The molecule has 4 aromatic rings. The van der Waals surface area contributed by atoms with Crippen LogP contribution in [0.25, 0.3) is 22.3 Å². The molecule has 1 saturated heterocycles. The zero-order valence-electron chi connectivity index (χ0n) is 18.5. The van der Waals surface area contributed by atoms with Crippen molar-refractivity contribution in [3.8, 4) is 17.1 Å². The van der Waals surface area contributed by atoms with E-state index in [4.69, 9.17) is 14.5 Å². The van der Waals surface area contributed by atoms with E-state index in [1.165, 1.54) is 12.1 Å². The number of amides is 1. The molecule has 9 heteroatoms. The van der Waals surface area contributed by atoms with Crippen LogP contribution in [0.3, 0.4) is 0 Å². The Bertz CT molecular complexity index is 1270. The molecule has 0 aliphatic carbocycles. The maximum absolute atomic E-state index is 13.5. The number of rotatable bonds is 8. The van der Waals surface area contributed by atoms with Gasteiger partial charge in [-0.2, -0.15) is 0 Å². The molecule has 1 amide bonds. The molecule has 1 fully saturated rings. The van der Waals surface area contributed by atoms with Crippen LogP contribution in [0.2, 0.25) is 0 Å². The normalized spacial score (nSPS) is 15.5. The molecule has 0 bridgehead atoms. The number of hydrogen-bond donors (Lipinski definition) is 2. The lowest BCUT2D eigenvalue weighted by Gasteiger charge is -2.15. The quantitative estimate of drug-likeness (QED) is 0.388. The van der Waals surface area contributed by atoms with Gasteiger partial charge in [-0.1, -0.05) is 0 Å². The molecule has 1 unspecified atom stereocenters. The van der Waals surface area contributed by atoms with E-state index in [0.717, 1.165) is 25.1 Å². The van der Waals surface area contributed by atoms with Gasteiger partial charge in [-0.3, -0.25) is 4.79 Å². The SMILES string of the molecule is O=C(NCCCc1ncc[nH]1)c1ccc2nc(OC3CCOC3)c(-c3ccc(F)cc3)nc2c1. The van der Waals surface area contributed by atoms with E-state index in [1.54, 1.807) is 42.7 Å². The van der Waals surface area contributed by atoms with Crippen LogP contribution < -0.4 is 10.1 Å². The van der Waals surface area contributed by atoms with Gasteiger partial charge in [0.05, 0.1) is 24.2 Å². The number of hydrogen-bond acceptors (Lipinski definition) is 6. The number of H-pyrrole nitrogens is 1. The van der Waals surface area contributed by atoms with Gasteiger partial charge < -0.3 is 19.8 Å². The Morgan fingerprint density at radius 3 is 2.82 bits per heavy atom. The molecule has 0 radical (unpaired) electrons. The third-order valence-electron chi connectivity index (χ3n) is 5.61. The second-order valence-corrected chi connectivity index (χ2v) is 8.09. The highest BCUT2D eigenvalue weighted by molar-refractivity contribution is 5.97. The Hall–Kier alpha value is -3.85. The monoisotopic (exact) mass is 461 g/mol. The number of aromatic amines is 1. The van der Waals surface area contributed by atoms with E-state index in [1.807, 2.05) is 0 Å². The van der Waals surface area contributed by atoms with Gasteiger partial charge in [0.2, 0.25) is 5.88 Å². The molecule has 1 aliphatic rings. The number of fused-ring (bicyclic) bond motifs is 1. The number of aryl methyl sites for hydroxylation is 1. The minimum Gasteiger partial charge on any atom is -0.470 e. The van der Waals surface area contributed by atoms with Gasteiger partial charge in [0, 0.05) is 42.9 Å². The number of imidazole rings is 1. The van der Waals surface area contributed by atoms with E-state index in [-0.39, 0.29) is 17.8 Å². The van der Waals surface area contributed by atoms with Crippen LogP contribution in [0.4, 0.5) is 4.39 Å². The molecule has 0 spiro atoms. The number of carbonyl (C=O) groups is 1. The fourth-order valence-corrected chi connectivity index (χ4v) is 3.82. The number of halogens is 1. The Morgan fingerprint density at radius 1 is 1.18 bits per heavy atom. The summed E-state index contributed by atoms with van der Waals surface area (Å²) in [6.45, 7) is 1.65. The van der Waals surface area contributed by atoms with Crippen molar-refractivity contribution in [3.63, 3.8) is 0 Å². The second-order valence-electron chi connectivity index (χ2n) is 8.09. The Morgan fingerprint density at radius 2 is 2.06 bits per heavy atom. The summed E-state index contributed by atoms with van der Waals surface area (Å²) in [6.07, 6.45) is 5.67. The van der Waals surface area contributed by atoms with Gasteiger partial charge in [0.15, 0.2) is 0 Å². The number of nitrogens with zero attached hydrogens (tertiary/aromatic N) is 3. The molecule has 1 aliphatic heterocycles. The van der Waals surface area contributed by atoms with E-state index < -0.39 is 0 Å². The summed E-state index contributed by atoms with van der Waals surface area (Å²) in [5, 5.41) is 2.93. The maximum Gasteiger partial charge on any atom is 0.251 e. The van der Waals surface area contributed by atoms with Crippen LogP contribution in [0.5, 0.6) is 5.88 Å². The largest absolute Gasteiger partial charge is 0.470 e. The molecule has 5 rings (SSSR count). The summed E-state index contributed by atoms with van der Waals surface area (Å²) in [5.41, 5.74) is 2.82. The average molecular weight is 461 g/mol. The van der Waals surface area contributed by atoms with Gasteiger partial charge in [-0.15, -0.1) is 0 Å². The van der Waals surface area contributed by atoms with E-state index in [9.17, 15) is 9.18 Å². The molecule has 2 aromatic heterocycles. The second kappa shape index (κ2) is 9.96. The van der Waals surface area contributed by atoms with Crippen molar-refractivity contribution in [1.82, 2.24) is 25.3 Å². The minimum atomic E-state index is -0.338. The van der Waals surface area contributed by atoms with E-state index in [0.29, 0.717) is 53.5 Å². The summed E-state index contributed by atoms with van der Waals surface area (Å²) >= 11 is 0. The van der Waals surface area contributed by atoms with Crippen LogP contribution in [0.1, 0.15) is 29.0 Å². The summed E-state index contributed by atoms with van der Waals surface area (Å²) in [4.78, 5) is 29.3. The predicted octanol–water partition coefficient (Wildman–Crippen LogP) is 3.69. The average Bonchev–Trinajstić information content (AvgIpc) is 3.56. The van der Waals surface area contributed by atoms with E-state index in [2.05, 4.69) is 20.3 Å². The fourth-order valence-electron chi connectivity index (χ4n) is 3.82. The molecule has 34 heavy (non-hydrogen) atoms.